The predicted molar refractivity (Wildman–Crippen MR) is 63.0 cm³/mol. The average molecular weight is 271 g/mol. The molecule has 0 radical (unpaired) electrons. The van der Waals surface area contributed by atoms with Gasteiger partial charge in [0.05, 0.1) is 5.60 Å². The van der Waals surface area contributed by atoms with Crippen LogP contribution in [0, 0.1) is 0 Å². The first-order chi connectivity index (χ1) is 6.80. The number of rotatable bonds is 0. The standard InChI is InChI=1S/C12H15BrO2/c1-11(2)7-12(3,14)9-6-8(13)4-5-10(9)15-11/h4-6,14H,7H2,1-3H3/t12-/m0/s1. The average Bonchev–Trinajstić information content (AvgIpc) is 2.03. The molecular weight excluding hydrogens is 256 g/mol. The smallest absolute Gasteiger partial charge is 0.126 e. The molecule has 0 saturated heterocycles. The number of fused-ring (bicyclic) bond motifs is 1. The summed E-state index contributed by atoms with van der Waals surface area (Å²) < 4.78 is 6.79. The van der Waals surface area contributed by atoms with Crippen LogP contribution in [0.15, 0.2) is 22.7 Å². The molecule has 1 aliphatic rings. The van der Waals surface area contributed by atoms with Gasteiger partial charge < -0.3 is 9.84 Å². The van der Waals surface area contributed by atoms with Crippen molar-refractivity contribution in [3.8, 4) is 5.75 Å². The lowest BCUT2D eigenvalue weighted by Crippen LogP contribution is -2.42. The summed E-state index contributed by atoms with van der Waals surface area (Å²) in [5, 5.41) is 10.4. The zero-order chi connectivity index (χ0) is 11.3. The molecule has 1 atom stereocenters. The summed E-state index contributed by atoms with van der Waals surface area (Å²) in [6.07, 6.45) is 0.601. The van der Waals surface area contributed by atoms with E-state index in [9.17, 15) is 5.11 Å². The monoisotopic (exact) mass is 270 g/mol. The summed E-state index contributed by atoms with van der Waals surface area (Å²) in [5.41, 5.74) is -0.276. The zero-order valence-electron chi connectivity index (χ0n) is 9.17. The van der Waals surface area contributed by atoms with Gasteiger partial charge in [0.1, 0.15) is 11.4 Å². The van der Waals surface area contributed by atoms with Crippen LogP contribution in [0.4, 0.5) is 0 Å². The van der Waals surface area contributed by atoms with Gasteiger partial charge in [-0.2, -0.15) is 0 Å². The van der Waals surface area contributed by atoms with Crippen molar-refractivity contribution in [3.05, 3.63) is 28.2 Å². The Morgan fingerprint density at radius 3 is 2.67 bits per heavy atom. The first kappa shape index (κ1) is 11.0. The van der Waals surface area contributed by atoms with Gasteiger partial charge in [-0.1, -0.05) is 15.9 Å². The van der Waals surface area contributed by atoms with Crippen LogP contribution in [-0.2, 0) is 5.60 Å². The first-order valence-corrected chi connectivity index (χ1v) is 5.81. The van der Waals surface area contributed by atoms with E-state index in [1.165, 1.54) is 0 Å². The molecule has 0 unspecified atom stereocenters. The largest absolute Gasteiger partial charge is 0.487 e. The SMILES string of the molecule is CC1(C)C[C@](C)(O)c2cc(Br)ccc2O1. The van der Waals surface area contributed by atoms with E-state index in [4.69, 9.17) is 4.74 Å². The second-order valence-electron chi connectivity index (χ2n) is 4.95. The number of aliphatic hydroxyl groups is 1. The molecule has 3 heteroatoms. The highest BCUT2D eigenvalue weighted by molar-refractivity contribution is 9.10. The molecule has 2 rings (SSSR count). The summed E-state index contributed by atoms with van der Waals surface area (Å²) in [6.45, 7) is 5.82. The Labute approximate surface area is 98.4 Å². The van der Waals surface area contributed by atoms with Gasteiger partial charge in [0.2, 0.25) is 0 Å². The van der Waals surface area contributed by atoms with Crippen molar-refractivity contribution >= 4 is 15.9 Å². The Bertz CT molecular complexity index is 397. The predicted octanol–water partition coefficient (Wildman–Crippen LogP) is 3.22. The Morgan fingerprint density at radius 1 is 1.33 bits per heavy atom. The summed E-state index contributed by atoms with van der Waals surface area (Å²) >= 11 is 3.40. The molecular formula is C12H15BrO2. The summed E-state index contributed by atoms with van der Waals surface area (Å²) in [7, 11) is 0. The molecule has 0 bridgehead atoms. The molecule has 0 amide bonds. The van der Waals surface area contributed by atoms with E-state index in [1.807, 2.05) is 39.0 Å². The van der Waals surface area contributed by atoms with Crippen LogP contribution in [0.5, 0.6) is 5.75 Å². The quantitative estimate of drug-likeness (QED) is 0.785. The highest BCUT2D eigenvalue weighted by Crippen LogP contribution is 2.43. The highest BCUT2D eigenvalue weighted by Gasteiger charge is 2.40. The second-order valence-corrected chi connectivity index (χ2v) is 5.87. The van der Waals surface area contributed by atoms with Crippen molar-refractivity contribution in [3.63, 3.8) is 0 Å². The van der Waals surface area contributed by atoms with Crippen LogP contribution >= 0.6 is 15.9 Å². The fourth-order valence-electron chi connectivity index (χ4n) is 2.27. The molecule has 1 aliphatic heterocycles. The molecule has 15 heavy (non-hydrogen) atoms. The molecule has 1 heterocycles. The third-order valence-electron chi connectivity index (χ3n) is 2.68. The van der Waals surface area contributed by atoms with E-state index in [1.54, 1.807) is 0 Å². The lowest BCUT2D eigenvalue weighted by molar-refractivity contribution is -0.0518. The van der Waals surface area contributed by atoms with E-state index in [0.717, 1.165) is 15.8 Å². The summed E-state index contributed by atoms with van der Waals surface area (Å²) in [6, 6.07) is 5.75. The Morgan fingerprint density at radius 2 is 2.00 bits per heavy atom. The minimum Gasteiger partial charge on any atom is -0.487 e. The molecule has 1 N–H and O–H groups in total. The molecule has 0 aliphatic carbocycles. The van der Waals surface area contributed by atoms with Gasteiger partial charge in [-0.3, -0.25) is 0 Å². The molecule has 0 saturated carbocycles. The van der Waals surface area contributed by atoms with Crippen LogP contribution in [-0.4, -0.2) is 10.7 Å². The Kier molecular flexibility index (Phi) is 2.36. The minimum absolute atomic E-state index is 0.315. The van der Waals surface area contributed by atoms with Gasteiger partial charge in [0.25, 0.3) is 0 Å². The first-order valence-electron chi connectivity index (χ1n) is 5.02. The fraction of sp³-hybridized carbons (Fsp3) is 0.500. The van der Waals surface area contributed by atoms with Crippen molar-refractivity contribution in [1.29, 1.82) is 0 Å². The van der Waals surface area contributed by atoms with Gasteiger partial charge in [0, 0.05) is 16.5 Å². The number of hydrogen-bond donors (Lipinski definition) is 1. The van der Waals surface area contributed by atoms with Gasteiger partial charge in [-0.15, -0.1) is 0 Å². The summed E-state index contributed by atoms with van der Waals surface area (Å²) in [5.74, 6) is 0.777. The number of hydrogen-bond acceptors (Lipinski definition) is 2. The molecule has 0 aromatic heterocycles. The Balaban J connectivity index is 2.55. The van der Waals surface area contributed by atoms with Crippen molar-refractivity contribution in [2.45, 2.75) is 38.4 Å². The van der Waals surface area contributed by atoms with Crippen LogP contribution in [0.2, 0.25) is 0 Å². The van der Waals surface area contributed by atoms with Gasteiger partial charge in [-0.25, -0.2) is 0 Å². The maximum atomic E-state index is 10.4. The van der Waals surface area contributed by atoms with Crippen molar-refractivity contribution in [2.75, 3.05) is 0 Å². The van der Waals surface area contributed by atoms with Crippen LogP contribution < -0.4 is 4.74 Å². The second kappa shape index (κ2) is 3.22. The number of ether oxygens (including phenoxy) is 1. The number of halogens is 1. The molecule has 82 valence electrons. The van der Waals surface area contributed by atoms with E-state index in [0.29, 0.717) is 6.42 Å². The van der Waals surface area contributed by atoms with E-state index in [-0.39, 0.29) is 5.60 Å². The third-order valence-corrected chi connectivity index (χ3v) is 3.17. The van der Waals surface area contributed by atoms with Crippen molar-refractivity contribution in [2.24, 2.45) is 0 Å². The van der Waals surface area contributed by atoms with Crippen molar-refractivity contribution in [1.82, 2.24) is 0 Å². The third kappa shape index (κ3) is 2.04. The van der Waals surface area contributed by atoms with E-state index >= 15 is 0 Å². The van der Waals surface area contributed by atoms with Gasteiger partial charge in [-0.05, 0) is 39.0 Å². The Hall–Kier alpha value is -0.540. The molecule has 0 fully saturated rings. The van der Waals surface area contributed by atoms with Gasteiger partial charge >= 0.3 is 0 Å². The molecule has 2 nitrogen and oxygen atoms in total. The van der Waals surface area contributed by atoms with Gasteiger partial charge in [0.15, 0.2) is 0 Å². The molecule has 1 aromatic rings. The highest BCUT2D eigenvalue weighted by atomic mass is 79.9. The lowest BCUT2D eigenvalue weighted by Gasteiger charge is -2.41. The van der Waals surface area contributed by atoms with Crippen LogP contribution in [0.1, 0.15) is 32.8 Å². The lowest BCUT2D eigenvalue weighted by atomic mass is 9.82. The van der Waals surface area contributed by atoms with Crippen LogP contribution in [0.25, 0.3) is 0 Å². The van der Waals surface area contributed by atoms with Crippen molar-refractivity contribution < 1.29 is 9.84 Å². The van der Waals surface area contributed by atoms with E-state index < -0.39 is 5.60 Å². The normalized spacial score (nSPS) is 28.1. The fourth-order valence-corrected chi connectivity index (χ4v) is 2.63. The van der Waals surface area contributed by atoms with E-state index in [2.05, 4.69) is 15.9 Å². The molecule has 0 spiro atoms. The topological polar surface area (TPSA) is 29.5 Å². The minimum atomic E-state index is -0.819. The van der Waals surface area contributed by atoms with Crippen LogP contribution in [0.3, 0.4) is 0 Å². The maximum Gasteiger partial charge on any atom is 0.126 e. The molecule has 1 aromatic carbocycles. The maximum absolute atomic E-state index is 10.4. The summed E-state index contributed by atoms with van der Waals surface area (Å²) in [4.78, 5) is 0. The number of benzene rings is 1. The zero-order valence-corrected chi connectivity index (χ0v) is 10.8.